The molecule has 21 heavy (non-hydrogen) atoms. The van der Waals surface area contributed by atoms with Gasteiger partial charge >= 0.3 is 0 Å². The highest BCUT2D eigenvalue weighted by Crippen LogP contribution is 2.19. The monoisotopic (exact) mass is 297 g/mol. The number of nitrogens with one attached hydrogen (secondary N) is 2. The zero-order chi connectivity index (χ0) is 15.6. The summed E-state index contributed by atoms with van der Waals surface area (Å²) in [7, 11) is 0. The summed E-state index contributed by atoms with van der Waals surface area (Å²) < 4.78 is 5.46. The van der Waals surface area contributed by atoms with Gasteiger partial charge in [-0.2, -0.15) is 0 Å². The molecule has 118 valence electrons. The third kappa shape index (κ3) is 3.93. The minimum Gasteiger partial charge on any atom is -0.365 e. The van der Waals surface area contributed by atoms with Crippen molar-refractivity contribution >= 4 is 17.7 Å². The Morgan fingerprint density at radius 2 is 2.10 bits per heavy atom. The van der Waals surface area contributed by atoms with Crippen molar-refractivity contribution in [2.45, 2.75) is 51.3 Å². The van der Waals surface area contributed by atoms with E-state index in [2.05, 4.69) is 10.6 Å². The molecule has 2 fully saturated rings. The number of likely N-dealkylation sites (tertiary alicyclic amines) is 1. The van der Waals surface area contributed by atoms with E-state index in [1.807, 2.05) is 13.8 Å². The van der Waals surface area contributed by atoms with Gasteiger partial charge in [0.05, 0.1) is 17.7 Å². The summed E-state index contributed by atoms with van der Waals surface area (Å²) in [6.45, 7) is 6.39. The number of rotatable bonds is 4. The molecule has 7 heteroatoms. The van der Waals surface area contributed by atoms with Crippen molar-refractivity contribution in [1.82, 2.24) is 15.5 Å². The van der Waals surface area contributed by atoms with Crippen LogP contribution in [0, 0.1) is 0 Å². The van der Waals surface area contributed by atoms with Crippen LogP contribution >= 0.6 is 0 Å². The Bertz CT molecular complexity index is 444. The fourth-order valence-electron chi connectivity index (χ4n) is 2.63. The van der Waals surface area contributed by atoms with E-state index in [-0.39, 0.29) is 36.5 Å². The molecule has 1 unspecified atom stereocenters. The second-order valence-corrected chi connectivity index (χ2v) is 6.29. The van der Waals surface area contributed by atoms with Crippen LogP contribution in [-0.4, -0.2) is 60.0 Å². The van der Waals surface area contributed by atoms with Crippen LogP contribution in [0.2, 0.25) is 0 Å². The molecule has 0 aromatic rings. The number of carbonyl (C=O) groups excluding carboxylic acids is 3. The van der Waals surface area contributed by atoms with Gasteiger partial charge < -0.3 is 20.3 Å². The maximum Gasteiger partial charge on any atom is 0.246 e. The number of hydrogen-bond acceptors (Lipinski definition) is 4. The Hall–Kier alpha value is -1.63. The molecule has 0 radical (unpaired) electrons. The fourth-order valence-corrected chi connectivity index (χ4v) is 2.63. The van der Waals surface area contributed by atoms with E-state index in [1.165, 1.54) is 6.92 Å². The van der Waals surface area contributed by atoms with E-state index in [1.54, 1.807) is 4.90 Å². The smallest absolute Gasteiger partial charge is 0.246 e. The van der Waals surface area contributed by atoms with Crippen LogP contribution in [0.15, 0.2) is 0 Å². The third-order valence-corrected chi connectivity index (χ3v) is 4.07. The molecular formula is C14H23N3O4. The zero-order valence-electron chi connectivity index (χ0n) is 12.8. The lowest BCUT2D eigenvalue weighted by molar-refractivity contribution is -0.146. The van der Waals surface area contributed by atoms with Crippen molar-refractivity contribution in [3.63, 3.8) is 0 Å². The molecule has 2 aliphatic heterocycles. The van der Waals surface area contributed by atoms with E-state index < -0.39 is 5.54 Å². The third-order valence-electron chi connectivity index (χ3n) is 4.07. The predicted molar refractivity (Wildman–Crippen MR) is 75.4 cm³/mol. The van der Waals surface area contributed by atoms with E-state index in [0.29, 0.717) is 25.9 Å². The quantitative estimate of drug-likeness (QED) is 0.726. The van der Waals surface area contributed by atoms with Gasteiger partial charge in [-0.05, 0) is 20.3 Å². The first kappa shape index (κ1) is 15.8. The molecule has 2 heterocycles. The molecule has 0 aliphatic carbocycles. The van der Waals surface area contributed by atoms with Crippen LogP contribution in [0.3, 0.4) is 0 Å². The largest absolute Gasteiger partial charge is 0.365 e. The van der Waals surface area contributed by atoms with Crippen molar-refractivity contribution in [2.24, 2.45) is 0 Å². The van der Waals surface area contributed by atoms with Crippen LogP contribution in [0.4, 0.5) is 0 Å². The second kappa shape index (κ2) is 6.01. The maximum absolute atomic E-state index is 11.9. The van der Waals surface area contributed by atoms with Gasteiger partial charge in [0.2, 0.25) is 17.7 Å². The number of ether oxygens (including phenoxy) is 1. The van der Waals surface area contributed by atoms with E-state index >= 15 is 0 Å². The van der Waals surface area contributed by atoms with Gasteiger partial charge in [-0.15, -0.1) is 0 Å². The summed E-state index contributed by atoms with van der Waals surface area (Å²) in [6.07, 6.45) is 0.996. The summed E-state index contributed by atoms with van der Waals surface area (Å²) in [4.78, 5) is 36.0. The molecule has 0 saturated carbocycles. The van der Waals surface area contributed by atoms with Crippen molar-refractivity contribution in [1.29, 1.82) is 0 Å². The van der Waals surface area contributed by atoms with Gasteiger partial charge in [-0.3, -0.25) is 14.4 Å². The first-order valence-electron chi connectivity index (χ1n) is 7.25. The van der Waals surface area contributed by atoms with Crippen molar-refractivity contribution < 1.29 is 19.1 Å². The summed E-state index contributed by atoms with van der Waals surface area (Å²) in [5.74, 6) is -0.148. The average Bonchev–Trinajstić information content (AvgIpc) is 2.29. The van der Waals surface area contributed by atoms with Crippen LogP contribution in [-0.2, 0) is 19.1 Å². The highest BCUT2D eigenvalue weighted by molar-refractivity contribution is 5.80. The van der Waals surface area contributed by atoms with Gasteiger partial charge in [0, 0.05) is 26.4 Å². The lowest BCUT2D eigenvalue weighted by Crippen LogP contribution is -2.62. The van der Waals surface area contributed by atoms with E-state index in [4.69, 9.17) is 4.74 Å². The topological polar surface area (TPSA) is 87.7 Å². The highest BCUT2D eigenvalue weighted by Gasteiger charge is 2.36. The second-order valence-electron chi connectivity index (χ2n) is 6.29. The number of carbonyl (C=O) groups is 3. The summed E-state index contributed by atoms with van der Waals surface area (Å²) >= 11 is 0. The number of hydrogen-bond donors (Lipinski definition) is 2. The van der Waals surface area contributed by atoms with Crippen LogP contribution in [0.5, 0.6) is 0 Å². The molecule has 2 rings (SSSR count). The van der Waals surface area contributed by atoms with Crippen molar-refractivity contribution in [2.75, 3.05) is 19.7 Å². The number of piperidine rings is 1. The first-order chi connectivity index (χ1) is 9.78. The Balaban J connectivity index is 1.70. The van der Waals surface area contributed by atoms with Crippen LogP contribution in [0.25, 0.3) is 0 Å². The van der Waals surface area contributed by atoms with Gasteiger partial charge in [0.1, 0.15) is 6.61 Å². The highest BCUT2D eigenvalue weighted by atomic mass is 16.5. The van der Waals surface area contributed by atoms with Gasteiger partial charge in [-0.1, -0.05) is 0 Å². The number of amides is 3. The first-order valence-corrected chi connectivity index (χ1v) is 7.25. The molecule has 2 aliphatic rings. The van der Waals surface area contributed by atoms with Crippen molar-refractivity contribution in [3.05, 3.63) is 0 Å². The van der Waals surface area contributed by atoms with Gasteiger partial charge in [0.15, 0.2) is 0 Å². The molecule has 1 atom stereocenters. The predicted octanol–water partition coefficient (Wildman–Crippen LogP) is -0.593. The molecule has 0 bridgehead atoms. The molecule has 2 saturated heterocycles. The molecule has 3 amide bonds. The van der Waals surface area contributed by atoms with Crippen LogP contribution in [0.1, 0.15) is 33.6 Å². The van der Waals surface area contributed by atoms with Gasteiger partial charge in [-0.25, -0.2) is 0 Å². The average molecular weight is 297 g/mol. The molecule has 0 spiro atoms. The zero-order valence-corrected chi connectivity index (χ0v) is 12.8. The van der Waals surface area contributed by atoms with E-state index in [9.17, 15) is 14.4 Å². The number of nitrogens with zero attached hydrogens (tertiary/aromatic N) is 1. The molecule has 0 aromatic carbocycles. The van der Waals surface area contributed by atoms with Crippen molar-refractivity contribution in [3.8, 4) is 0 Å². The fraction of sp³-hybridized carbons (Fsp3) is 0.786. The standard InChI is InChI=1S/C14H23N3O4/c1-9(18)17-6-10(7-17)21-8-13(20)15-11-4-5-12(19)16-14(11,2)3/h10-11H,4-8H2,1-3H3,(H,15,20)(H,16,19). The summed E-state index contributed by atoms with van der Waals surface area (Å²) in [5, 5.41) is 5.79. The summed E-state index contributed by atoms with van der Waals surface area (Å²) in [5.41, 5.74) is -0.451. The Labute approximate surface area is 124 Å². The molecule has 2 N–H and O–H groups in total. The SMILES string of the molecule is CC(=O)N1CC(OCC(=O)NC2CCC(=O)NC2(C)C)C1. The Morgan fingerprint density at radius 1 is 1.43 bits per heavy atom. The molecular weight excluding hydrogens is 274 g/mol. The van der Waals surface area contributed by atoms with Crippen LogP contribution < -0.4 is 10.6 Å². The lowest BCUT2D eigenvalue weighted by Gasteiger charge is -2.40. The van der Waals surface area contributed by atoms with Gasteiger partial charge in [0.25, 0.3) is 0 Å². The summed E-state index contributed by atoms with van der Waals surface area (Å²) in [6, 6.07) is -0.0959. The minimum atomic E-state index is -0.451. The maximum atomic E-state index is 11.9. The van der Waals surface area contributed by atoms with E-state index in [0.717, 1.165) is 0 Å². The minimum absolute atomic E-state index is 0.0144. The molecule has 7 nitrogen and oxygen atoms in total. The Kier molecular flexibility index (Phi) is 4.51. The molecule has 0 aromatic heterocycles. The lowest BCUT2D eigenvalue weighted by atomic mass is 9.87. The Morgan fingerprint density at radius 3 is 2.67 bits per heavy atom. The normalized spacial score (nSPS) is 25.0.